The number of pyridine rings is 1. The van der Waals surface area contributed by atoms with Crippen LogP contribution in [0.2, 0.25) is 5.02 Å². The molecule has 1 saturated heterocycles. The highest BCUT2D eigenvalue weighted by Crippen LogP contribution is 2.24. The van der Waals surface area contributed by atoms with Gasteiger partial charge in [-0.3, -0.25) is 14.9 Å². The summed E-state index contributed by atoms with van der Waals surface area (Å²) in [4.78, 5) is 11.3. The molecule has 1 unspecified atom stereocenters. The molecule has 1 aromatic carbocycles. The monoisotopic (exact) mass is 387 g/mol. The maximum Gasteiger partial charge on any atom is 0.188 e. The smallest absolute Gasteiger partial charge is 0.188 e. The molecule has 0 radical (unpaired) electrons. The van der Waals surface area contributed by atoms with Crippen molar-refractivity contribution < 1.29 is 4.74 Å². The lowest BCUT2D eigenvalue weighted by Gasteiger charge is -2.34. The van der Waals surface area contributed by atoms with Gasteiger partial charge in [0.25, 0.3) is 0 Å². The second-order valence-electron chi connectivity index (χ2n) is 6.44. The molecule has 7 heteroatoms. The Kier molecular flexibility index (Phi) is 7.45. The first-order valence-corrected chi connectivity index (χ1v) is 9.61. The van der Waals surface area contributed by atoms with Crippen LogP contribution in [0.15, 0.2) is 53.7 Å². The molecule has 27 heavy (non-hydrogen) atoms. The second kappa shape index (κ2) is 10.3. The molecule has 144 valence electrons. The molecule has 3 rings (SSSR count). The molecule has 6 nitrogen and oxygen atoms in total. The van der Waals surface area contributed by atoms with Crippen LogP contribution < -0.4 is 11.1 Å². The number of hydrogen-bond acceptors (Lipinski definition) is 4. The number of aliphatic imine (C=N–C) groups is 1. The fraction of sp³-hybridized carbons (Fsp3) is 0.400. The maximum absolute atomic E-state index is 6.20. The van der Waals surface area contributed by atoms with Crippen LogP contribution >= 0.6 is 11.6 Å². The third-order valence-electron chi connectivity index (χ3n) is 4.57. The first-order chi connectivity index (χ1) is 13.2. The fourth-order valence-corrected chi connectivity index (χ4v) is 3.34. The number of aromatic nitrogens is 1. The molecule has 1 aliphatic heterocycles. The molecule has 1 fully saturated rings. The van der Waals surface area contributed by atoms with Crippen LogP contribution in [0.25, 0.3) is 0 Å². The van der Waals surface area contributed by atoms with E-state index in [1.165, 1.54) is 0 Å². The first kappa shape index (κ1) is 19.6. The number of guanidine groups is 1. The average molecular weight is 388 g/mol. The van der Waals surface area contributed by atoms with E-state index in [4.69, 9.17) is 22.1 Å². The highest BCUT2D eigenvalue weighted by molar-refractivity contribution is 6.30. The summed E-state index contributed by atoms with van der Waals surface area (Å²) in [7, 11) is 0. The van der Waals surface area contributed by atoms with Crippen molar-refractivity contribution in [1.82, 2.24) is 15.2 Å². The highest BCUT2D eigenvalue weighted by Gasteiger charge is 2.22. The summed E-state index contributed by atoms with van der Waals surface area (Å²) in [6.45, 7) is 4.49. The Morgan fingerprint density at radius 3 is 2.85 bits per heavy atom. The van der Waals surface area contributed by atoms with Crippen LogP contribution in [0.5, 0.6) is 0 Å². The molecule has 0 spiro atoms. The number of hydrogen-bond donors (Lipinski definition) is 2. The summed E-state index contributed by atoms with van der Waals surface area (Å²) in [6.07, 6.45) is 2.60. The minimum Gasteiger partial charge on any atom is -0.379 e. The number of nitrogens with zero attached hydrogens (tertiary/aromatic N) is 3. The standard InChI is InChI=1S/C20H26ClN5O/c21-17-5-3-4-16(14-17)19(26-10-12-27-13-11-26)15-25-20(22)24-9-7-18-6-1-2-8-23-18/h1-6,8,14,19H,7,9-13,15H2,(H3,22,24,25). The van der Waals surface area contributed by atoms with Crippen molar-refractivity contribution in [3.8, 4) is 0 Å². The number of nitrogens with one attached hydrogen (secondary N) is 1. The van der Waals surface area contributed by atoms with E-state index in [0.29, 0.717) is 19.0 Å². The van der Waals surface area contributed by atoms with Crippen LogP contribution in [0, 0.1) is 0 Å². The van der Waals surface area contributed by atoms with Gasteiger partial charge in [0.2, 0.25) is 0 Å². The predicted octanol–water partition coefficient (Wildman–Crippen LogP) is 2.26. The largest absolute Gasteiger partial charge is 0.379 e. The Labute approximate surface area is 165 Å². The number of nitrogens with two attached hydrogens (primary N) is 1. The van der Waals surface area contributed by atoms with Crippen LogP contribution in [0.4, 0.5) is 0 Å². The van der Waals surface area contributed by atoms with Crippen LogP contribution in [-0.4, -0.2) is 55.2 Å². The lowest BCUT2D eigenvalue weighted by molar-refractivity contribution is 0.0180. The SMILES string of the molecule is NC(=NCC(c1cccc(Cl)c1)N1CCOCC1)NCCc1ccccn1. The quantitative estimate of drug-likeness (QED) is 0.563. The molecular formula is C20H26ClN5O. The number of benzene rings is 1. The zero-order valence-electron chi connectivity index (χ0n) is 15.4. The van der Waals surface area contributed by atoms with E-state index in [0.717, 1.165) is 49.0 Å². The van der Waals surface area contributed by atoms with Gasteiger partial charge in [-0.2, -0.15) is 0 Å². The zero-order chi connectivity index (χ0) is 18.9. The van der Waals surface area contributed by atoms with Gasteiger partial charge in [0.15, 0.2) is 5.96 Å². The summed E-state index contributed by atoms with van der Waals surface area (Å²) < 4.78 is 5.48. The number of rotatable bonds is 7. The molecule has 1 atom stereocenters. The summed E-state index contributed by atoms with van der Waals surface area (Å²) >= 11 is 6.20. The van der Waals surface area contributed by atoms with Gasteiger partial charge in [0, 0.05) is 43.0 Å². The van der Waals surface area contributed by atoms with E-state index in [-0.39, 0.29) is 6.04 Å². The molecular weight excluding hydrogens is 362 g/mol. The molecule has 0 amide bonds. The van der Waals surface area contributed by atoms with Crippen LogP contribution in [0.3, 0.4) is 0 Å². The van der Waals surface area contributed by atoms with Gasteiger partial charge in [-0.05, 0) is 29.8 Å². The molecule has 2 heterocycles. The summed E-state index contributed by atoms with van der Waals surface area (Å²) in [5.41, 5.74) is 8.25. The minimum absolute atomic E-state index is 0.128. The lowest BCUT2D eigenvalue weighted by Crippen LogP contribution is -2.41. The Morgan fingerprint density at radius 1 is 1.26 bits per heavy atom. The van der Waals surface area contributed by atoms with Gasteiger partial charge < -0.3 is 15.8 Å². The molecule has 1 aromatic heterocycles. The van der Waals surface area contributed by atoms with Crippen molar-refractivity contribution in [2.24, 2.45) is 10.7 Å². The fourth-order valence-electron chi connectivity index (χ4n) is 3.14. The lowest BCUT2D eigenvalue weighted by atomic mass is 10.0. The van der Waals surface area contributed by atoms with Crippen LogP contribution in [-0.2, 0) is 11.2 Å². The maximum atomic E-state index is 6.20. The van der Waals surface area contributed by atoms with Crippen molar-refractivity contribution in [1.29, 1.82) is 0 Å². The second-order valence-corrected chi connectivity index (χ2v) is 6.88. The Bertz CT molecular complexity index is 734. The number of ether oxygens (including phenoxy) is 1. The van der Waals surface area contributed by atoms with Crippen molar-refractivity contribution in [3.05, 3.63) is 64.9 Å². The highest BCUT2D eigenvalue weighted by atomic mass is 35.5. The average Bonchev–Trinajstić information content (AvgIpc) is 2.70. The Balaban J connectivity index is 1.59. The predicted molar refractivity (Wildman–Crippen MR) is 109 cm³/mol. The first-order valence-electron chi connectivity index (χ1n) is 9.23. The Hall–Kier alpha value is -2.15. The van der Waals surface area contributed by atoms with Crippen LogP contribution in [0.1, 0.15) is 17.3 Å². The van der Waals surface area contributed by atoms with Crippen molar-refractivity contribution in [2.45, 2.75) is 12.5 Å². The number of halogens is 1. The molecule has 1 aliphatic rings. The van der Waals surface area contributed by atoms with Crippen molar-refractivity contribution >= 4 is 17.6 Å². The molecule has 2 aromatic rings. The normalized spacial score (nSPS) is 16.9. The van der Waals surface area contributed by atoms with Gasteiger partial charge in [-0.1, -0.05) is 29.8 Å². The topological polar surface area (TPSA) is 75.8 Å². The summed E-state index contributed by atoms with van der Waals surface area (Å²) in [5, 5.41) is 3.90. The van der Waals surface area contributed by atoms with E-state index in [9.17, 15) is 0 Å². The van der Waals surface area contributed by atoms with Crippen molar-refractivity contribution in [3.63, 3.8) is 0 Å². The van der Waals surface area contributed by atoms with Gasteiger partial charge in [0.1, 0.15) is 0 Å². The van der Waals surface area contributed by atoms with E-state index >= 15 is 0 Å². The van der Waals surface area contributed by atoms with Crippen molar-refractivity contribution in [2.75, 3.05) is 39.4 Å². The summed E-state index contributed by atoms with van der Waals surface area (Å²) in [6, 6.07) is 14.0. The Morgan fingerprint density at radius 2 is 2.11 bits per heavy atom. The summed E-state index contributed by atoms with van der Waals surface area (Å²) in [5.74, 6) is 0.450. The zero-order valence-corrected chi connectivity index (χ0v) is 16.1. The van der Waals surface area contributed by atoms with E-state index < -0.39 is 0 Å². The molecule has 3 N–H and O–H groups in total. The van der Waals surface area contributed by atoms with Gasteiger partial charge in [-0.25, -0.2) is 0 Å². The molecule has 0 saturated carbocycles. The molecule has 0 bridgehead atoms. The third-order valence-corrected chi connectivity index (χ3v) is 4.80. The van der Waals surface area contributed by atoms with E-state index in [1.54, 1.807) is 6.20 Å². The van der Waals surface area contributed by atoms with Gasteiger partial charge in [-0.15, -0.1) is 0 Å². The van der Waals surface area contributed by atoms with E-state index in [1.807, 2.05) is 36.4 Å². The van der Waals surface area contributed by atoms with Gasteiger partial charge in [0.05, 0.1) is 25.8 Å². The molecule has 0 aliphatic carbocycles. The number of morpholine rings is 1. The third kappa shape index (κ3) is 6.20. The minimum atomic E-state index is 0.128. The van der Waals surface area contributed by atoms with Gasteiger partial charge >= 0.3 is 0 Å². The van der Waals surface area contributed by atoms with E-state index in [2.05, 4.69) is 26.3 Å².